The van der Waals surface area contributed by atoms with Crippen LogP contribution in [0.2, 0.25) is 0 Å². The zero-order chi connectivity index (χ0) is 22.1. The number of carboxylic acid groups (broad SMARTS) is 1. The number of benzene rings is 3. The molecule has 1 aliphatic rings. The van der Waals surface area contributed by atoms with Gasteiger partial charge in [0, 0.05) is 18.5 Å². The third kappa shape index (κ3) is 3.74. The molecule has 7 heteroatoms. The number of aliphatic carboxylic acids is 1. The van der Waals surface area contributed by atoms with Gasteiger partial charge in [-0.2, -0.15) is 0 Å². The average Bonchev–Trinajstić information content (AvgIpc) is 3.08. The molecule has 5 nitrogen and oxygen atoms in total. The van der Waals surface area contributed by atoms with Crippen LogP contribution in [0, 0.1) is 11.6 Å². The number of hydrogen-bond acceptors (Lipinski definition) is 3. The molecule has 1 atom stereocenters. The maximum absolute atomic E-state index is 14.2. The number of nitrogens with zero attached hydrogens (tertiary/aromatic N) is 1. The Morgan fingerprint density at radius 3 is 2.16 bits per heavy atom. The lowest BCUT2D eigenvalue weighted by Crippen LogP contribution is -2.37. The molecule has 0 saturated carbocycles. The number of likely N-dealkylation sites (N-methyl/N-ethyl adjacent to an activating group) is 1. The number of fused-ring (bicyclic) bond motifs is 3. The Bertz CT molecular complexity index is 1120. The van der Waals surface area contributed by atoms with Gasteiger partial charge in [-0.05, 0) is 40.5 Å². The molecule has 0 spiro atoms. The first kappa shape index (κ1) is 20.5. The molecule has 0 saturated heterocycles. The molecule has 0 bridgehead atoms. The second kappa shape index (κ2) is 8.18. The zero-order valence-electron chi connectivity index (χ0n) is 16.6. The number of carbonyl (C=O) groups excluding carboxylic acids is 1. The smallest absolute Gasteiger partial charge is 0.410 e. The van der Waals surface area contributed by atoms with Crippen molar-refractivity contribution in [2.45, 2.75) is 12.0 Å². The Labute approximate surface area is 177 Å². The van der Waals surface area contributed by atoms with Gasteiger partial charge in [-0.1, -0.05) is 48.5 Å². The maximum atomic E-state index is 14.2. The number of hydrogen-bond donors (Lipinski definition) is 1. The predicted octanol–water partition coefficient (Wildman–Crippen LogP) is 4.97. The van der Waals surface area contributed by atoms with E-state index in [9.17, 15) is 23.5 Å². The van der Waals surface area contributed by atoms with Crippen LogP contribution < -0.4 is 0 Å². The van der Waals surface area contributed by atoms with E-state index < -0.39 is 35.3 Å². The summed E-state index contributed by atoms with van der Waals surface area (Å²) in [7, 11) is 1.18. The SMILES string of the molecule is CN(C(=O)OCC1c2ccccc2-c2ccccc21)C(C(=O)O)c1cc(F)ccc1F. The first-order valence-electron chi connectivity index (χ1n) is 9.64. The number of amides is 1. The zero-order valence-corrected chi connectivity index (χ0v) is 16.6. The molecule has 0 aromatic heterocycles. The normalized spacial score (nSPS) is 13.3. The minimum Gasteiger partial charge on any atom is -0.479 e. The second-order valence-corrected chi connectivity index (χ2v) is 7.32. The molecule has 0 fully saturated rings. The third-order valence-corrected chi connectivity index (χ3v) is 5.50. The van der Waals surface area contributed by atoms with E-state index in [-0.39, 0.29) is 12.5 Å². The van der Waals surface area contributed by atoms with Crippen molar-refractivity contribution < 1.29 is 28.2 Å². The third-order valence-electron chi connectivity index (χ3n) is 5.50. The molecule has 4 rings (SSSR count). The van der Waals surface area contributed by atoms with E-state index in [0.29, 0.717) is 0 Å². The van der Waals surface area contributed by atoms with Crippen molar-refractivity contribution in [3.05, 3.63) is 95.1 Å². The van der Waals surface area contributed by atoms with Crippen molar-refractivity contribution in [1.29, 1.82) is 0 Å². The molecule has 1 amide bonds. The predicted molar refractivity (Wildman–Crippen MR) is 110 cm³/mol. The van der Waals surface area contributed by atoms with Gasteiger partial charge >= 0.3 is 12.1 Å². The van der Waals surface area contributed by atoms with E-state index in [2.05, 4.69) is 0 Å². The molecule has 3 aromatic carbocycles. The minimum atomic E-state index is -1.73. The van der Waals surface area contributed by atoms with E-state index in [1.807, 2.05) is 48.5 Å². The average molecular weight is 423 g/mol. The van der Waals surface area contributed by atoms with Crippen LogP contribution in [0.15, 0.2) is 66.7 Å². The first-order chi connectivity index (χ1) is 14.9. The minimum absolute atomic E-state index is 0.0187. The summed E-state index contributed by atoms with van der Waals surface area (Å²) < 4.78 is 33.2. The van der Waals surface area contributed by atoms with Gasteiger partial charge < -0.3 is 9.84 Å². The van der Waals surface area contributed by atoms with E-state index >= 15 is 0 Å². The molecule has 3 aromatic rings. The molecule has 1 unspecified atom stereocenters. The monoisotopic (exact) mass is 423 g/mol. The largest absolute Gasteiger partial charge is 0.479 e. The van der Waals surface area contributed by atoms with Gasteiger partial charge in [0.2, 0.25) is 0 Å². The van der Waals surface area contributed by atoms with Crippen LogP contribution in [0.3, 0.4) is 0 Å². The summed E-state index contributed by atoms with van der Waals surface area (Å²) in [6.07, 6.45) is -0.946. The van der Waals surface area contributed by atoms with Gasteiger partial charge in [0.1, 0.15) is 18.2 Å². The molecule has 0 heterocycles. The highest BCUT2D eigenvalue weighted by molar-refractivity contribution is 5.82. The summed E-state index contributed by atoms with van der Waals surface area (Å²) in [6, 6.07) is 16.3. The Kier molecular flexibility index (Phi) is 5.42. The molecule has 1 aliphatic carbocycles. The Morgan fingerprint density at radius 1 is 1.00 bits per heavy atom. The van der Waals surface area contributed by atoms with Gasteiger partial charge in [0.25, 0.3) is 0 Å². The summed E-state index contributed by atoms with van der Waals surface area (Å²) >= 11 is 0. The van der Waals surface area contributed by atoms with Crippen molar-refractivity contribution in [1.82, 2.24) is 4.90 Å². The summed E-state index contributed by atoms with van der Waals surface area (Å²) in [6.45, 7) is -0.0187. The van der Waals surface area contributed by atoms with Gasteiger partial charge in [0.15, 0.2) is 6.04 Å². The van der Waals surface area contributed by atoms with Gasteiger partial charge in [-0.3, -0.25) is 4.90 Å². The van der Waals surface area contributed by atoms with E-state index in [1.165, 1.54) is 7.05 Å². The summed E-state index contributed by atoms with van der Waals surface area (Å²) in [5.74, 6) is -3.44. The van der Waals surface area contributed by atoms with Crippen LogP contribution in [0.1, 0.15) is 28.7 Å². The lowest BCUT2D eigenvalue weighted by atomic mass is 9.98. The molecule has 0 radical (unpaired) electrons. The first-order valence-corrected chi connectivity index (χ1v) is 9.64. The number of rotatable bonds is 5. The van der Waals surface area contributed by atoms with Crippen molar-refractivity contribution in [2.75, 3.05) is 13.7 Å². The highest BCUT2D eigenvalue weighted by Crippen LogP contribution is 2.44. The molecule has 0 aliphatic heterocycles. The van der Waals surface area contributed by atoms with Gasteiger partial charge in [-0.15, -0.1) is 0 Å². The fourth-order valence-electron chi connectivity index (χ4n) is 4.03. The Morgan fingerprint density at radius 2 is 1.58 bits per heavy atom. The Hall–Kier alpha value is -3.74. The van der Waals surface area contributed by atoms with E-state index in [4.69, 9.17) is 4.74 Å². The number of carbonyl (C=O) groups is 2. The number of ether oxygens (including phenoxy) is 1. The topological polar surface area (TPSA) is 66.8 Å². The quantitative estimate of drug-likeness (QED) is 0.629. The number of halogens is 2. The van der Waals surface area contributed by atoms with Crippen molar-refractivity contribution in [3.8, 4) is 11.1 Å². The van der Waals surface area contributed by atoms with Crippen LogP contribution in [0.5, 0.6) is 0 Å². The molecule has 158 valence electrons. The highest BCUT2D eigenvalue weighted by atomic mass is 19.1. The van der Waals surface area contributed by atoms with E-state index in [0.717, 1.165) is 45.4 Å². The van der Waals surface area contributed by atoms with Crippen molar-refractivity contribution in [3.63, 3.8) is 0 Å². The lowest BCUT2D eigenvalue weighted by Gasteiger charge is -2.25. The molecular formula is C24H19F2NO4. The summed E-state index contributed by atoms with van der Waals surface area (Å²) in [5.41, 5.74) is 3.66. The molecular weight excluding hydrogens is 404 g/mol. The van der Waals surface area contributed by atoms with Crippen LogP contribution in [0.4, 0.5) is 13.6 Å². The fourth-order valence-corrected chi connectivity index (χ4v) is 4.03. The summed E-state index contributed by atoms with van der Waals surface area (Å²) in [5, 5.41) is 9.56. The molecule has 31 heavy (non-hydrogen) atoms. The molecule has 1 N–H and O–H groups in total. The number of carboxylic acids is 1. The second-order valence-electron chi connectivity index (χ2n) is 7.32. The Balaban J connectivity index is 1.56. The van der Waals surface area contributed by atoms with Crippen LogP contribution >= 0.6 is 0 Å². The lowest BCUT2D eigenvalue weighted by molar-refractivity contribution is -0.142. The highest BCUT2D eigenvalue weighted by Gasteiger charge is 2.34. The van der Waals surface area contributed by atoms with Gasteiger partial charge in [0.05, 0.1) is 0 Å². The van der Waals surface area contributed by atoms with Crippen molar-refractivity contribution in [2.24, 2.45) is 0 Å². The van der Waals surface area contributed by atoms with Crippen LogP contribution in [-0.4, -0.2) is 35.7 Å². The van der Waals surface area contributed by atoms with Crippen LogP contribution in [-0.2, 0) is 9.53 Å². The summed E-state index contributed by atoms with van der Waals surface area (Å²) in [4.78, 5) is 25.2. The van der Waals surface area contributed by atoms with Crippen molar-refractivity contribution >= 4 is 12.1 Å². The standard InChI is InChI=1S/C24H19F2NO4/c1-27(22(23(28)29)19-12-14(25)10-11-21(19)26)24(30)31-13-20-17-8-4-2-6-15(17)16-7-3-5-9-18(16)20/h2-12,20,22H,13H2,1H3,(H,28,29). The van der Waals surface area contributed by atoms with E-state index in [1.54, 1.807) is 0 Å². The fraction of sp³-hybridized carbons (Fsp3) is 0.167. The van der Waals surface area contributed by atoms with Crippen LogP contribution in [0.25, 0.3) is 11.1 Å². The maximum Gasteiger partial charge on any atom is 0.410 e. The van der Waals surface area contributed by atoms with Gasteiger partial charge in [-0.25, -0.2) is 18.4 Å².